The van der Waals surface area contributed by atoms with Crippen LogP contribution in [0.4, 0.5) is 5.69 Å². The molecule has 0 aromatic heterocycles. The largest absolute Gasteiger partial charge is 0.473 e. The second-order valence-corrected chi connectivity index (χ2v) is 12.6. The normalized spacial score (nSPS) is 17.5. The molecule has 2 aliphatic heterocycles. The first kappa shape index (κ1) is 28.4. The van der Waals surface area contributed by atoms with E-state index in [1.165, 1.54) is 63.5 Å². The lowest BCUT2D eigenvalue weighted by Crippen LogP contribution is -2.34. The molecule has 0 aliphatic carbocycles. The number of anilines is 1. The van der Waals surface area contributed by atoms with E-state index in [1.807, 2.05) is 0 Å². The highest BCUT2D eigenvalue weighted by molar-refractivity contribution is 6.03. The molecule has 2 heterocycles. The van der Waals surface area contributed by atoms with Crippen molar-refractivity contribution in [3.8, 4) is 28.0 Å². The van der Waals surface area contributed by atoms with Crippen LogP contribution < -0.4 is 9.64 Å². The van der Waals surface area contributed by atoms with Gasteiger partial charge in [0.2, 0.25) is 0 Å². The maximum atomic E-state index is 7.26. The summed E-state index contributed by atoms with van der Waals surface area (Å²) in [7, 11) is 0. The van der Waals surface area contributed by atoms with E-state index in [9.17, 15) is 0 Å². The van der Waals surface area contributed by atoms with E-state index in [1.54, 1.807) is 0 Å². The number of hydrogen-bond donors (Lipinski definition) is 0. The van der Waals surface area contributed by atoms with Gasteiger partial charge in [-0.05, 0) is 94.6 Å². The van der Waals surface area contributed by atoms with Crippen LogP contribution >= 0.6 is 0 Å². The van der Waals surface area contributed by atoms with Gasteiger partial charge in [-0.2, -0.15) is 0 Å². The first-order chi connectivity index (χ1) is 22.7. The van der Waals surface area contributed by atoms with Crippen LogP contribution in [0, 0.1) is 0 Å². The van der Waals surface area contributed by atoms with Crippen LogP contribution in [-0.2, 0) is 12.0 Å². The van der Waals surface area contributed by atoms with E-state index in [4.69, 9.17) is 4.74 Å². The Morgan fingerprint density at radius 1 is 0.609 bits per heavy atom. The SMILES string of the molecule is CCc1ccc(-c2ccc(-c3cc4c(c5ccccc35)C=CC(c3ccccc3)(c3ccc(N5CCCCC5)cc3)O4)cc2)cc1. The first-order valence-electron chi connectivity index (χ1n) is 16.8. The highest BCUT2D eigenvalue weighted by Gasteiger charge is 2.37. The van der Waals surface area contributed by atoms with E-state index in [-0.39, 0.29) is 0 Å². The molecule has 0 amide bonds. The van der Waals surface area contributed by atoms with Gasteiger partial charge >= 0.3 is 0 Å². The van der Waals surface area contributed by atoms with E-state index in [0.717, 1.165) is 42.0 Å². The third kappa shape index (κ3) is 5.08. The molecule has 6 aromatic carbocycles. The fourth-order valence-corrected chi connectivity index (χ4v) is 7.29. The van der Waals surface area contributed by atoms with E-state index in [0.29, 0.717) is 0 Å². The Morgan fingerprint density at radius 2 is 1.22 bits per heavy atom. The third-order valence-electron chi connectivity index (χ3n) is 9.92. The van der Waals surface area contributed by atoms with Gasteiger partial charge in [-0.3, -0.25) is 0 Å². The molecule has 1 fully saturated rings. The third-order valence-corrected chi connectivity index (χ3v) is 9.92. The lowest BCUT2D eigenvalue weighted by molar-refractivity contribution is 0.161. The van der Waals surface area contributed by atoms with Gasteiger partial charge in [0.25, 0.3) is 0 Å². The maximum absolute atomic E-state index is 7.26. The molecular weight excluding hydrogens is 558 g/mol. The van der Waals surface area contributed by atoms with E-state index < -0.39 is 5.60 Å². The van der Waals surface area contributed by atoms with Crippen molar-refractivity contribution in [1.82, 2.24) is 0 Å². The van der Waals surface area contributed by atoms with Crippen molar-refractivity contribution in [2.75, 3.05) is 18.0 Å². The number of aryl methyl sites for hydroxylation is 1. The number of rotatable bonds is 6. The predicted octanol–water partition coefficient (Wildman–Crippen LogP) is 11.1. The summed E-state index contributed by atoms with van der Waals surface area (Å²) >= 11 is 0. The zero-order valence-electron chi connectivity index (χ0n) is 26.5. The molecular formula is C44H39NO. The summed E-state index contributed by atoms with van der Waals surface area (Å²) in [5.74, 6) is 0.902. The molecule has 226 valence electrons. The summed E-state index contributed by atoms with van der Waals surface area (Å²) in [6.45, 7) is 4.46. The molecule has 1 saturated heterocycles. The number of hydrogen-bond acceptors (Lipinski definition) is 2. The molecule has 0 radical (unpaired) electrons. The zero-order chi connectivity index (χ0) is 30.9. The number of ether oxygens (including phenoxy) is 1. The van der Waals surface area contributed by atoms with Crippen molar-refractivity contribution < 1.29 is 4.74 Å². The molecule has 1 atom stereocenters. The van der Waals surface area contributed by atoms with Crippen molar-refractivity contribution in [2.45, 2.75) is 38.2 Å². The highest BCUT2D eigenvalue weighted by atomic mass is 16.5. The predicted molar refractivity (Wildman–Crippen MR) is 194 cm³/mol. The highest BCUT2D eigenvalue weighted by Crippen LogP contribution is 2.47. The summed E-state index contributed by atoms with van der Waals surface area (Å²) in [4.78, 5) is 2.51. The van der Waals surface area contributed by atoms with E-state index >= 15 is 0 Å². The standard InChI is InChI=1S/C44H39NO/c1-2-32-15-17-33(18-16-32)34-19-21-35(22-20-34)42-31-43-41(39-13-7-8-14-40(39)42)27-28-44(46-43,36-11-5-3-6-12-36)37-23-25-38(26-24-37)45-29-9-4-10-30-45/h3,5-8,11-28,31H,2,4,9-10,29-30H2,1H3. The quantitative estimate of drug-likeness (QED) is 0.189. The summed E-state index contributed by atoms with van der Waals surface area (Å²) in [6.07, 6.45) is 9.45. The van der Waals surface area contributed by atoms with Crippen molar-refractivity contribution in [3.63, 3.8) is 0 Å². The van der Waals surface area contributed by atoms with Gasteiger partial charge in [-0.1, -0.05) is 122 Å². The molecule has 46 heavy (non-hydrogen) atoms. The monoisotopic (exact) mass is 597 g/mol. The average Bonchev–Trinajstić information content (AvgIpc) is 3.15. The Balaban J connectivity index is 1.21. The van der Waals surface area contributed by atoms with Gasteiger partial charge in [-0.15, -0.1) is 0 Å². The molecule has 0 N–H and O–H groups in total. The Bertz CT molecular complexity index is 2000. The average molecular weight is 598 g/mol. The summed E-state index contributed by atoms with van der Waals surface area (Å²) in [5.41, 5.74) is 10.1. The van der Waals surface area contributed by atoms with Crippen molar-refractivity contribution in [3.05, 3.63) is 162 Å². The number of piperidine rings is 1. The zero-order valence-corrected chi connectivity index (χ0v) is 26.5. The molecule has 2 heteroatoms. The van der Waals surface area contributed by atoms with Crippen LogP contribution in [0.5, 0.6) is 5.75 Å². The molecule has 8 rings (SSSR count). The summed E-state index contributed by atoms with van der Waals surface area (Å²) in [6, 6.07) is 48.6. The van der Waals surface area contributed by atoms with Gasteiger partial charge < -0.3 is 9.64 Å². The molecule has 6 aromatic rings. The Kier molecular flexibility index (Phi) is 7.42. The minimum atomic E-state index is -0.733. The number of fused-ring (bicyclic) bond motifs is 3. The Morgan fingerprint density at radius 3 is 1.91 bits per heavy atom. The molecule has 2 nitrogen and oxygen atoms in total. The van der Waals surface area contributed by atoms with Crippen molar-refractivity contribution in [2.24, 2.45) is 0 Å². The first-order valence-corrected chi connectivity index (χ1v) is 16.8. The van der Waals surface area contributed by atoms with Crippen LogP contribution in [0.2, 0.25) is 0 Å². The second-order valence-electron chi connectivity index (χ2n) is 12.6. The van der Waals surface area contributed by atoms with Crippen LogP contribution in [0.3, 0.4) is 0 Å². The van der Waals surface area contributed by atoms with Crippen LogP contribution in [0.25, 0.3) is 39.1 Å². The maximum Gasteiger partial charge on any atom is 0.178 e. The Hall–Kier alpha value is -5.08. The molecule has 0 bridgehead atoms. The molecule has 2 aliphatic rings. The minimum Gasteiger partial charge on any atom is -0.473 e. The van der Waals surface area contributed by atoms with E-state index in [2.05, 4.69) is 157 Å². The molecule has 0 spiro atoms. The fourth-order valence-electron chi connectivity index (χ4n) is 7.29. The van der Waals surface area contributed by atoms with Crippen molar-refractivity contribution >= 4 is 22.5 Å². The Labute approximate surface area is 272 Å². The lowest BCUT2D eigenvalue weighted by Gasteiger charge is -2.37. The van der Waals surface area contributed by atoms with Gasteiger partial charge in [0.15, 0.2) is 5.60 Å². The molecule has 0 saturated carbocycles. The number of nitrogens with zero attached hydrogens (tertiary/aromatic N) is 1. The minimum absolute atomic E-state index is 0.733. The van der Waals surface area contributed by atoms with Crippen LogP contribution in [0.1, 0.15) is 48.4 Å². The lowest BCUT2D eigenvalue weighted by atomic mass is 9.82. The van der Waals surface area contributed by atoms with Gasteiger partial charge in [0.1, 0.15) is 5.75 Å². The summed E-state index contributed by atoms with van der Waals surface area (Å²) in [5, 5.41) is 2.43. The smallest absolute Gasteiger partial charge is 0.178 e. The van der Waals surface area contributed by atoms with Crippen LogP contribution in [0.15, 0.2) is 140 Å². The topological polar surface area (TPSA) is 12.5 Å². The van der Waals surface area contributed by atoms with Crippen molar-refractivity contribution in [1.29, 1.82) is 0 Å². The van der Waals surface area contributed by atoms with Gasteiger partial charge in [-0.25, -0.2) is 0 Å². The van der Waals surface area contributed by atoms with Gasteiger partial charge in [0, 0.05) is 35.5 Å². The van der Waals surface area contributed by atoms with Gasteiger partial charge in [0.05, 0.1) is 0 Å². The van der Waals surface area contributed by atoms with Crippen LogP contribution in [-0.4, -0.2) is 13.1 Å². The fraction of sp³-hybridized carbons (Fsp3) is 0.182. The number of benzene rings is 6. The second kappa shape index (κ2) is 12.0. The molecule has 1 unspecified atom stereocenters. The summed E-state index contributed by atoms with van der Waals surface area (Å²) < 4.78 is 7.26.